The average molecular weight is 429 g/mol. The molecule has 1 saturated heterocycles. The van der Waals surface area contributed by atoms with Crippen molar-refractivity contribution in [1.82, 2.24) is 24.6 Å². The van der Waals surface area contributed by atoms with Gasteiger partial charge in [0.15, 0.2) is 0 Å². The number of rotatable bonds is 4. The molecule has 0 aromatic carbocycles. The third-order valence-corrected chi connectivity index (χ3v) is 6.01. The molecule has 0 saturated carbocycles. The molecule has 3 aromatic heterocycles. The molecule has 0 aliphatic carbocycles. The van der Waals surface area contributed by atoms with Crippen LogP contribution in [-0.2, 0) is 18.3 Å². The number of amides is 1. The van der Waals surface area contributed by atoms with Gasteiger partial charge in [-0.15, -0.1) is 0 Å². The Morgan fingerprint density at radius 2 is 1.93 bits per heavy atom. The summed E-state index contributed by atoms with van der Waals surface area (Å²) >= 11 is 5.98. The molecule has 1 fully saturated rings. The van der Waals surface area contributed by atoms with Crippen molar-refractivity contribution in [3.05, 3.63) is 50.5 Å². The summed E-state index contributed by atoms with van der Waals surface area (Å²) < 4.78 is 1.68. The number of H-pyrrole nitrogens is 1. The van der Waals surface area contributed by atoms with Crippen molar-refractivity contribution >= 4 is 34.4 Å². The van der Waals surface area contributed by atoms with Crippen LogP contribution >= 0.6 is 11.6 Å². The summed E-state index contributed by atoms with van der Waals surface area (Å²) in [5.74, 6) is 0.896. The van der Waals surface area contributed by atoms with Crippen LogP contribution in [0.4, 0.5) is 5.82 Å². The van der Waals surface area contributed by atoms with E-state index in [1.165, 1.54) is 0 Å². The van der Waals surface area contributed by atoms with Gasteiger partial charge in [0.05, 0.1) is 5.69 Å². The second kappa shape index (κ2) is 8.10. The van der Waals surface area contributed by atoms with Crippen LogP contribution in [0.5, 0.6) is 0 Å². The molecule has 0 radical (unpaired) electrons. The van der Waals surface area contributed by atoms with Crippen molar-refractivity contribution in [2.24, 2.45) is 7.05 Å². The van der Waals surface area contributed by atoms with Crippen molar-refractivity contribution < 1.29 is 4.79 Å². The molecule has 30 heavy (non-hydrogen) atoms. The zero-order chi connectivity index (χ0) is 21.4. The first-order valence-electron chi connectivity index (χ1n) is 10.1. The number of fused-ring (bicyclic) bond motifs is 1. The number of anilines is 1. The maximum absolute atomic E-state index is 12.8. The Bertz CT molecular complexity index is 1160. The van der Waals surface area contributed by atoms with Crippen LogP contribution in [0.2, 0.25) is 5.15 Å². The van der Waals surface area contributed by atoms with Gasteiger partial charge in [-0.2, -0.15) is 5.10 Å². The number of pyridine rings is 2. The highest BCUT2D eigenvalue weighted by Gasteiger charge is 2.23. The molecule has 0 unspecified atom stereocenters. The lowest BCUT2D eigenvalue weighted by Crippen LogP contribution is -2.49. The van der Waals surface area contributed by atoms with Gasteiger partial charge >= 0.3 is 0 Å². The van der Waals surface area contributed by atoms with Gasteiger partial charge in [-0.25, -0.2) is 4.98 Å². The van der Waals surface area contributed by atoms with E-state index in [-0.39, 0.29) is 11.5 Å². The van der Waals surface area contributed by atoms with E-state index in [1.807, 2.05) is 37.9 Å². The highest BCUT2D eigenvalue weighted by atomic mass is 35.5. The van der Waals surface area contributed by atoms with E-state index in [0.717, 1.165) is 28.1 Å². The number of aromatic amines is 1. The SMILES string of the molecule is Cc1nn(C)c2[nH]c(=O)c(CCC(=O)N3CCN(c4cccc(Cl)n4)CC3)c(C)c12. The van der Waals surface area contributed by atoms with Gasteiger partial charge in [-0.05, 0) is 38.0 Å². The van der Waals surface area contributed by atoms with Gasteiger partial charge < -0.3 is 14.8 Å². The zero-order valence-electron chi connectivity index (χ0n) is 17.4. The number of nitrogens with zero attached hydrogens (tertiary/aromatic N) is 5. The Morgan fingerprint density at radius 1 is 1.20 bits per heavy atom. The van der Waals surface area contributed by atoms with E-state index in [9.17, 15) is 9.59 Å². The Labute approximate surface area is 179 Å². The third-order valence-electron chi connectivity index (χ3n) is 5.80. The van der Waals surface area contributed by atoms with E-state index in [1.54, 1.807) is 10.7 Å². The normalized spacial score (nSPS) is 14.5. The second-order valence-electron chi connectivity index (χ2n) is 7.68. The maximum Gasteiger partial charge on any atom is 0.253 e. The number of hydrogen-bond donors (Lipinski definition) is 1. The van der Waals surface area contributed by atoms with Gasteiger partial charge in [0, 0.05) is 50.6 Å². The molecule has 1 N–H and O–H groups in total. The Hall–Kier alpha value is -2.87. The summed E-state index contributed by atoms with van der Waals surface area (Å²) in [6, 6.07) is 5.55. The monoisotopic (exact) mass is 428 g/mol. The van der Waals surface area contributed by atoms with Crippen molar-refractivity contribution in [2.75, 3.05) is 31.1 Å². The van der Waals surface area contributed by atoms with E-state index in [2.05, 4.69) is 20.0 Å². The molecule has 158 valence electrons. The van der Waals surface area contributed by atoms with Crippen LogP contribution in [0.1, 0.15) is 23.2 Å². The third kappa shape index (κ3) is 3.79. The van der Waals surface area contributed by atoms with Crippen molar-refractivity contribution in [1.29, 1.82) is 0 Å². The number of halogens is 1. The fourth-order valence-corrected chi connectivity index (χ4v) is 4.36. The molecule has 1 amide bonds. The predicted molar refractivity (Wildman–Crippen MR) is 117 cm³/mol. The number of carbonyl (C=O) groups excluding carboxylic acids is 1. The molecule has 4 rings (SSSR count). The van der Waals surface area contributed by atoms with Gasteiger partial charge in [0.1, 0.15) is 16.6 Å². The van der Waals surface area contributed by atoms with Crippen LogP contribution in [0.25, 0.3) is 11.0 Å². The van der Waals surface area contributed by atoms with Crippen LogP contribution in [0.15, 0.2) is 23.0 Å². The first kappa shape index (κ1) is 20.4. The van der Waals surface area contributed by atoms with Gasteiger partial charge in [0.2, 0.25) is 5.91 Å². The smallest absolute Gasteiger partial charge is 0.253 e. The molecule has 0 bridgehead atoms. The fraction of sp³-hybridized carbons (Fsp3) is 0.429. The lowest BCUT2D eigenvalue weighted by Gasteiger charge is -2.35. The molecule has 3 aromatic rings. The highest BCUT2D eigenvalue weighted by molar-refractivity contribution is 6.29. The van der Waals surface area contributed by atoms with E-state index in [4.69, 9.17) is 11.6 Å². The minimum Gasteiger partial charge on any atom is -0.353 e. The molecular weight excluding hydrogens is 404 g/mol. The summed E-state index contributed by atoms with van der Waals surface area (Å²) in [5, 5.41) is 5.82. The lowest BCUT2D eigenvalue weighted by molar-refractivity contribution is -0.131. The summed E-state index contributed by atoms with van der Waals surface area (Å²) in [7, 11) is 1.81. The molecule has 0 spiro atoms. The fourth-order valence-electron chi connectivity index (χ4n) is 4.20. The Morgan fingerprint density at radius 3 is 2.63 bits per heavy atom. The first-order chi connectivity index (χ1) is 14.3. The van der Waals surface area contributed by atoms with Crippen molar-refractivity contribution in [2.45, 2.75) is 26.7 Å². The van der Waals surface area contributed by atoms with Gasteiger partial charge in [-0.1, -0.05) is 17.7 Å². The molecule has 1 aliphatic rings. The summed E-state index contributed by atoms with van der Waals surface area (Å²) in [4.78, 5) is 36.6. The number of piperazine rings is 1. The molecule has 4 heterocycles. The predicted octanol–water partition coefficient (Wildman–Crippen LogP) is 2.21. The Kier molecular flexibility index (Phi) is 5.51. The molecular formula is C21H25ClN6O2. The van der Waals surface area contributed by atoms with Crippen LogP contribution in [0.3, 0.4) is 0 Å². The minimum absolute atomic E-state index is 0.0653. The Balaban J connectivity index is 1.41. The molecule has 9 heteroatoms. The number of nitrogens with one attached hydrogen (secondary N) is 1. The molecule has 1 aliphatic heterocycles. The number of hydrogen-bond acceptors (Lipinski definition) is 5. The van der Waals surface area contributed by atoms with Gasteiger partial charge in [-0.3, -0.25) is 14.3 Å². The van der Waals surface area contributed by atoms with Crippen LogP contribution in [0, 0.1) is 13.8 Å². The van der Waals surface area contributed by atoms with E-state index in [0.29, 0.717) is 49.7 Å². The minimum atomic E-state index is -0.146. The molecule has 0 atom stereocenters. The number of aromatic nitrogens is 4. The van der Waals surface area contributed by atoms with E-state index < -0.39 is 0 Å². The molecule has 8 nitrogen and oxygen atoms in total. The zero-order valence-corrected chi connectivity index (χ0v) is 18.2. The quantitative estimate of drug-likeness (QED) is 0.644. The summed E-state index contributed by atoms with van der Waals surface area (Å²) in [6.45, 7) is 6.53. The average Bonchev–Trinajstić information content (AvgIpc) is 3.01. The second-order valence-corrected chi connectivity index (χ2v) is 8.06. The van der Waals surface area contributed by atoms with Crippen LogP contribution < -0.4 is 10.5 Å². The highest BCUT2D eigenvalue weighted by Crippen LogP contribution is 2.22. The standard InChI is InChI=1S/C21H25ClN6O2/c1-13-15(21(30)24-20-19(13)14(2)25-26(20)3)7-8-18(29)28-11-9-27(10-12-28)17-6-4-5-16(22)23-17/h4-6H,7-12H2,1-3H3,(H,24,30). The summed E-state index contributed by atoms with van der Waals surface area (Å²) in [5.41, 5.74) is 3.01. The lowest BCUT2D eigenvalue weighted by atomic mass is 10.0. The maximum atomic E-state index is 12.8. The van der Waals surface area contributed by atoms with Crippen LogP contribution in [-0.4, -0.2) is 56.7 Å². The van der Waals surface area contributed by atoms with E-state index >= 15 is 0 Å². The number of carbonyl (C=O) groups is 1. The summed E-state index contributed by atoms with van der Waals surface area (Å²) in [6.07, 6.45) is 0.727. The van der Waals surface area contributed by atoms with Crippen molar-refractivity contribution in [3.8, 4) is 0 Å². The van der Waals surface area contributed by atoms with Gasteiger partial charge in [0.25, 0.3) is 5.56 Å². The largest absolute Gasteiger partial charge is 0.353 e. The number of aryl methyl sites for hydroxylation is 3. The topological polar surface area (TPSA) is 87.1 Å². The van der Waals surface area contributed by atoms with Crippen molar-refractivity contribution in [3.63, 3.8) is 0 Å². The first-order valence-corrected chi connectivity index (χ1v) is 10.4.